The van der Waals surface area contributed by atoms with Crippen LogP contribution in [-0.4, -0.2) is 14.4 Å². The fourth-order valence-electron chi connectivity index (χ4n) is 0.830. The first-order valence-electron chi connectivity index (χ1n) is 2.94. The van der Waals surface area contributed by atoms with E-state index in [1.165, 1.54) is 0 Å². The second-order valence-corrected chi connectivity index (χ2v) is 6.43. The number of hydrogen-bond acceptors (Lipinski definition) is 2. The first kappa shape index (κ1) is 13.9. The summed E-state index contributed by atoms with van der Waals surface area (Å²) in [7, 11) is 5.32. The van der Waals surface area contributed by atoms with Gasteiger partial charge in [-0.25, -0.2) is 4.40 Å². The van der Waals surface area contributed by atoms with Crippen LogP contribution in [0.25, 0.3) is 0 Å². The Labute approximate surface area is 119 Å². The first-order chi connectivity index (χ1) is 6.26. The van der Waals surface area contributed by atoms with Crippen LogP contribution < -0.4 is 0 Å². The van der Waals surface area contributed by atoms with Gasteiger partial charge in [0.25, 0.3) is 0 Å². The average molecular weight is 354 g/mol. The minimum absolute atomic E-state index is 0.0216. The number of allylic oxidation sites excluding steroid dienone is 2. The maximum Gasteiger partial charge on any atom is 0.196 e. The summed E-state index contributed by atoms with van der Waals surface area (Å²) >= 11 is 35.5. The van der Waals surface area contributed by atoms with Crippen LogP contribution in [0.2, 0.25) is 0 Å². The molecule has 9 heteroatoms. The lowest BCUT2D eigenvalue weighted by atomic mass is 10.3. The molecule has 0 aromatic rings. The van der Waals surface area contributed by atoms with Gasteiger partial charge in [-0.1, -0.05) is 69.6 Å². The van der Waals surface area contributed by atoms with Crippen LogP contribution in [0.5, 0.6) is 0 Å². The molecule has 0 aromatic carbocycles. The van der Waals surface area contributed by atoms with Gasteiger partial charge in [0.05, 0.1) is 21.2 Å². The minimum Gasteiger partial charge on any atom is -0.202 e. The molecule has 0 amide bonds. The Morgan fingerprint density at radius 2 is 1.29 bits per heavy atom. The van der Waals surface area contributed by atoms with Gasteiger partial charge in [-0.15, -0.1) is 0 Å². The summed E-state index contributed by atoms with van der Waals surface area (Å²) in [6.07, 6.45) is 0. The molecule has 1 rings (SSSR count). The fourth-order valence-corrected chi connectivity index (χ4v) is 3.54. The van der Waals surface area contributed by atoms with Gasteiger partial charge in [0.15, 0.2) is 8.67 Å². The van der Waals surface area contributed by atoms with Gasteiger partial charge in [-0.2, -0.15) is 0 Å². The maximum atomic E-state index is 5.86. The Morgan fingerprint density at radius 3 is 1.57 bits per heavy atom. The minimum atomic E-state index is -1.63. The zero-order valence-corrected chi connectivity index (χ0v) is 12.1. The van der Waals surface area contributed by atoms with Crippen molar-refractivity contribution < 1.29 is 0 Å². The zero-order valence-electron chi connectivity index (χ0n) is 6.00. The highest BCUT2D eigenvalue weighted by Gasteiger charge is 2.57. The van der Waals surface area contributed by atoms with E-state index in [0.717, 1.165) is 0 Å². The van der Waals surface area contributed by atoms with Gasteiger partial charge in [-0.3, -0.25) is 0 Å². The van der Waals surface area contributed by atoms with Crippen molar-refractivity contribution in [3.63, 3.8) is 0 Å². The third-order valence-corrected chi connectivity index (χ3v) is 4.82. The van der Waals surface area contributed by atoms with Crippen LogP contribution in [0.4, 0.5) is 0 Å². The average Bonchev–Trinajstić information content (AvgIpc) is 2.19. The van der Waals surface area contributed by atoms with Crippen molar-refractivity contribution >= 4 is 97.2 Å². The number of nitrogens with zero attached hydrogens (tertiary/aromatic N) is 1. The van der Waals surface area contributed by atoms with E-state index >= 15 is 0 Å². The summed E-state index contributed by atoms with van der Waals surface area (Å²) in [5, 5.41) is -0.145. The molecule has 0 fully saturated rings. The lowest BCUT2D eigenvalue weighted by Gasteiger charge is -2.18. The molecule has 0 saturated carbocycles. The monoisotopic (exact) mass is 351 g/mol. The van der Waals surface area contributed by atoms with Crippen molar-refractivity contribution in [3.8, 4) is 0 Å². The van der Waals surface area contributed by atoms with Gasteiger partial charge < -0.3 is 0 Å². The smallest absolute Gasteiger partial charge is 0.196 e. The highest BCUT2D eigenvalue weighted by molar-refractivity contribution is 8.20. The van der Waals surface area contributed by atoms with E-state index in [-0.39, 0.29) is 15.8 Å². The highest BCUT2D eigenvalue weighted by Crippen LogP contribution is 2.55. The van der Waals surface area contributed by atoms with Crippen molar-refractivity contribution in [2.75, 3.05) is 0 Å². The number of alkyl halides is 4. The molecule has 14 heavy (non-hydrogen) atoms. The molecule has 0 bridgehead atoms. The number of rotatable bonds is 1. The van der Waals surface area contributed by atoms with Crippen LogP contribution in [-0.2, 0) is 0 Å². The number of halogens is 7. The third kappa shape index (κ3) is 2.10. The van der Waals surface area contributed by atoms with Crippen molar-refractivity contribution in [3.05, 3.63) is 10.1 Å². The normalized spacial score (nSPS) is 24.4. The van der Waals surface area contributed by atoms with E-state index in [2.05, 4.69) is 4.40 Å². The van der Waals surface area contributed by atoms with Crippen LogP contribution in [0, 0.1) is 0 Å². The molecule has 0 N–H and O–H groups in total. The molecule has 80 valence electrons. The molecule has 0 spiro atoms. The van der Waals surface area contributed by atoms with Crippen LogP contribution >= 0.6 is 91.4 Å². The number of hydrogen-bond donors (Lipinski definition) is 0. The lowest BCUT2D eigenvalue weighted by Crippen LogP contribution is -2.32. The van der Waals surface area contributed by atoms with Crippen molar-refractivity contribution in [1.82, 2.24) is 0 Å². The zero-order chi connectivity index (χ0) is 11.1. The molecule has 0 heterocycles. The van der Waals surface area contributed by atoms with Gasteiger partial charge in [0.2, 0.25) is 0 Å². The van der Waals surface area contributed by atoms with Gasteiger partial charge in [0.1, 0.15) is 5.71 Å². The lowest BCUT2D eigenvalue weighted by molar-refractivity contribution is 1.30. The van der Waals surface area contributed by atoms with E-state index in [9.17, 15) is 0 Å². The van der Waals surface area contributed by atoms with Gasteiger partial charge in [-0.05, 0) is 10.7 Å². The Bertz CT molecular complexity index is 294. The van der Waals surface area contributed by atoms with Crippen LogP contribution in [0.1, 0.15) is 0 Å². The maximum absolute atomic E-state index is 5.86. The molecule has 0 aromatic heterocycles. The van der Waals surface area contributed by atoms with Crippen molar-refractivity contribution in [2.24, 2.45) is 4.40 Å². The van der Waals surface area contributed by atoms with Gasteiger partial charge in [0, 0.05) is 0 Å². The molecular formula is C5Cl7NS. The Kier molecular flexibility index (Phi) is 4.53. The summed E-state index contributed by atoms with van der Waals surface area (Å²) in [6, 6.07) is 0. The summed E-state index contributed by atoms with van der Waals surface area (Å²) in [5.74, 6) is 0. The molecule has 0 unspecified atom stereocenters. The predicted octanol–water partition coefficient (Wildman–Crippen LogP) is 5.28. The van der Waals surface area contributed by atoms with E-state index < -0.39 is 8.67 Å². The summed E-state index contributed by atoms with van der Waals surface area (Å²) in [6.45, 7) is 0. The summed E-state index contributed by atoms with van der Waals surface area (Å²) in [4.78, 5) is 0. The topological polar surface area (TPSA) is 12.4 Å². The van der Waals surface area contributed by atoms with Crippen LogP contribution in [0.15, 0.2) is 14.5 Å². The quantitative estimate of drug-likeness (QED) is 0.461. The Balaban J connectivity index is 3.32. The van der Waals surface area contributed by atoms with E-state index in [4.69, 9.17) is 80.3 Å². The second kappa shape index (κ2) is 4.58. The highest BCUT2D eigenvalue weighted by atomic mass is 35.7. The second-order valence-electron chi connectivity index (χ2n) is 2.29. The molecular weight excluding hydrogens is 354 g/mol. The fraction of sp³-hybridized carbons (Fsp3) is 0.400. The first-order valence-corrected chi connectivity index (χ1v) is 6.81. The van der Waals surface area contributed by atoms with Gasteiger partial charge >= 0.3 is 0 Å². The standard InChI is InChI=1S/C5Cl7NS/c6-1-2(7)5(10,11)3(13-14-12)4(1,8)9. The molecule has 1 aliphatic rings. The van der Waals surface area contributed by atoms with Crippen LogP contribution in [0.3, 0.4) is 0 Å². The summed E-state index contributed by atoms with van der Waals surface area (Å²) in [5.41, 5.74) is -0.0216. The molecule has 1 nitrogen and oxygen atoms in total. The van der Waals surface area contributed by atoms with E-state index in [1.54, 1.807) is 0 Å². The SMILES string of the molecule is ClSN=C1C(Cl)(Cl)C(Cl)=C(Cl)C1(Cl)Cl. The van der Waals surface area contributed by atoms with E-state index in [0.29, 0.717) is 11.2 Å². The third-order valence-electron chi connectivity index (χ3n) is 1.46. The molecule has 1 aliphatic carbocycles. The van der Waals surface area contributed by atoms with Crippen molar-refractivity contribution in [1.29, 1.82) is 0 Å². The van der Waals surface area contributed by atoms with Crippen molar-refractivity contribution in [2.45, 2.75) is 8.67 Å². The van der Waals surface area contributed by atoms with E-state index in [1.807, 2.05) is 0 Å². The predicted molar refractivity (Wildman–Crippen MR) is 68.5 cm³/mol. The summed E-state index contributed by atoms with van der Waals surface area (Å²) < 4.78 is 0.421. The molecule has 0 radical (unpaired) electrons. The molecule has 0 aliphatic heterocycles. The largest absolute Gasteiger partial charge is 0.202 e. The Hall–Kier alpha value is 1.79. The molecule has 0 atom stereocenters. The molecule has 0 saturated heterocycles. The Morgan fingerprint density at radius 1 is 0.929 bits per heavy atom.